The van der Waals surface area contributed by atoms with Gasteiger partial charge in [-0.1, -0.05) is 6.42 Å². The van der Waals surface area contributed by atoms with E-state index in [2.05, 4.69) is 31.5 Å². The molecule has 2 amide bonds. The lowest BCUT2D eigenvalue weighted by molar-refractivity contribution is 0.0527. The van der Waals surface area contributed by atoms with E-state index in [0.29, 0.717) is 22.9 Å². The molecule has 0 saturated carbocycles. The summed E-state index contributed by atoms with van der Waals surface area (Å²) >= 11 is 5.00. The van der Waals surface area contributed by atoms with Crippen LogP contribution < -0.4 is 10.6 Å². The van der Waals surface area contributed by atoms with Crippen LogP contribution in [0.15, 0.2) is 28.9 Å². The van der Waals surface area contributed by atoms with Gasteiger partial charge in [-0.15, -0.1) is 11.3 Å². The second kappa shape index (κ2) is 8.59. The lowest BCUT2D eigenvalue weighted by Crippen LogP contribution is -2.20. The van der Waals surface area contributed by atoms with Crippen molar-refractivity contribution in [2.45, 2.75) is 39.0 Å². The zero-order chi connectivity index (χ0) is 20.4. The number of fused-ring (bicyclic) bond motifs is 2. The number of urea groups is 1. The first kappa shape index (κ1) is 20.0. The molecule has 0 aliphatic heterocycles. The smallest absolute Gasteiger partial charge is 0.341 e. The van der Waals surface area contributed by atoms with Gasteiger partial charge in [0.2, 0.25) is 0 Å². The van der Waals surface area contributed by atoms with Crippen LogP contribution in [0, 0.1) is 0 Å². The van der Waals surface area contributed by atoms with Crippen molar-refractivity contribution in [1.82, 2.24) is 4.98 Å². The fourth-order valence-corrected chi connectivity index (χ4v) is 5.58. The Labute approximate surface area is 181 Å². The van der Waals surface area contributed by atoms with Crippen LogP contribution in [0.2, 0.25) is 0 Å². The number of rotatable bonds is 4. The van der Waals surface area contributed by atoms with E-state index in [0.717, 1.165) is 53.0 Å². The molecule has 0 fully saturated rings. The molecule has 6 nitrogen and oxygen atoms in total. The van der Waals surface area contributed by atoms with E-state index in [1.807, 2.05) is 24.4 Å². The topological polar surface area (TPSA) is 83.2 Å². The molecule has 1 aliphatic carbocycles. The van der Waals surface area contributed by atoms with Gasteiger partial charge in [-0.25, -0.2) is 9.59 Å². The lowest BCUT2D eigenvalue weighted by Gasteiger charge is -2.10. The minimum Gasteiger partial charge on any atom is -0.462 e. The number of anilines is 2. The second-order valence-electron chi connectivity index (χ2n) is 6.97. The standard InChI is InChI=1S/C21H22BrN3O3S/c1-2-28-20(26)17-14-6-4-3-5-7-16(14)29-19(17)25-21(27)24-13-10-12-8-9-23-18(12)15(22)11-13/h8-11,23H,2-7H2,1H3,(H2,24,25,27). The summed E-state index contributed by atoms with van der Waals surface area (Å²) in [6.45, 7) is 2.09. The maximum Gasteiger partial charge on any atom is 0.341 e. The summed E-state index contributed by atoms with van der Waals surface area (Å²) in [5, 5.41) is 7.30. The van der Waals surface area contributed by atoms with E-state index >= 15 is 0 Å². The predicted octanol–water partition coefficient (Wildman–Crippen LogP) is 6.08. The molecular formula is C21H22BrN3O3S. The summed E-state index contributed by atoms with van der Waals surface area (Å²) in [4.78, 5) is 29.6. The molecule has 152 valence electrons. The highest BCUT2D eigenvalue weighted by atomic mass is 79.9. The Morgan fingerprint density at radius 2 is 2.03 bits per heavy atom. The van der Waals surface area contributed by atoms with Crippen LogP contribution in [0.5, 0.6) is 0 Å². The van der Waals surface area contributed by atoms with Crippen LogP contribution in [-0.2, 0) is 17.6 Å². The molecule has 1 aliphatic rings. The quantitative estimate of drug-likeness (QED) is 0.315. The number of carbonyl (C=O) groups is 2. The average molecular weight is 476 g/mol. The van der Waals surface area contributed by atoms with Crippen molar-refractivity contribution in [2.75, 3.05) is 17.2 Å². The highest BCUT2D eigenvalue weighted by molar-refractivity contribution is 9.10. The van der Waals surface area contributed by atoms with E-state index in [1.165, 1.54) is 16.2 Å². The molecule has 0 bridgehead atoms. The SMILES string of the molecule is CCOC(=O)c1c(NC(=O)Nc2cc(Br)c3[nH]ccc3c2)sc2c1CCCCC2. The van der Waals surface area contributed by atoms with Gasteiger partial charge in [0.05, 0.1) is 17.7 Å². The minimum atomic E-state index is -0.381. The number of ether oxygens (including phenoxy) is 1. The summed E-state index contributed by atoms with van der Waals surface area (Å²) in [5.74, 6) is -0.362. The van der Waals surface area contributed by atoms with Gasteiger partial charge in [0, 0.05) is 26.6 Å². The van der Waals surface area contributed by atoms with Crippen molar-refractivity contribution in [3.8, 4) is 0 Å². The third-order valence-corrected chi connectivity index (χ3v) is 6.83. The van der Waals surface area contributed by atoms with E-state index in [9.17, 15) is 9.59 Å². The van der Waals surface area contributed by atoms with Crippen molar-refractivity contribution in [3.63, 3.8) is 0 Å². The van der Waals surface area contributed by atoms with Crippen LogP contribution in [0.4, 0.5) is 15.5 Å². The molecule has 3 N–H and O–H groups in total. The summed E-state index contributed by atoms with van der Waals surface area (Å²) in [5.41, 5.74) is 3.20. The summed E-state index contributed by atoms with van der Waals surface area (Å²) in [6, 6.07) is 5.30. The molecule has 0 atom stereocenters. The highest BCUT2D eigenvalue weighted by Gasteiger charge is 2.26. The van der Waals surface area contributed by atoms with Crippen molar-refractivity contribution >= 4 is 60.9 Å². The highest BCUT2D eigenvalue weighted by Crippen LogP contribution is 2.38. The van der Waals surface area contributed by atoms with Crippen molar-refractivity contribution in [1.29, 1.82) is 0 Å². The Kier molecular flexibility index (Phi) is 5.91. The first-order chi connectivity index (χ1) is 14.1. The van der Waals surface area contributed by atoms with Crippen LogP contribution in [-0.4, -0.2) is 23.6 Å². The molecule has 3 aromatic rings. The van der Waals surface area contributed by atoms with Crippen LogP contribution >= 0.6 is 27.3 Å². The lowest BCUT2D eigenvalue weighted by atomic mass is 10.1. The van der Waals surface area contributed by atoms with Gasteiger partial charge in [0.1, 0.15) is 5.00 Å². The third kappa shape index (κ3) is 4.18. The number of carbonyl (C=O) groups excluding carboxylic acids is 2. The molecule has 8 heteroatoms. The number of aromatic amines is 1. The third-order valence-electron chi connectivity index (χ3n) is 5.00. The molecule has 2 aromatic heterocycles. The number of aromatic nitrogens is 1. The zero-order valence-electron chi connectivity index (χ0n) is 16.1. The Morgan fingerprint density at radius 3 is 2.86 bits per heavy atom. The molecule has 4 rings (SSSR count). The molecule has 0 spiro atoms. The number of hydrogen-bond donors (Lipinski definition) is 3. The number of nitrogens with one attached hydrogen (secondary N) is 3. The minimum absolute atomic E-state index is 0.305. The number of H-pyrrole nitrogens is 1. The molecule has 0 radical (unpaired) electrons. The first-order valence-electron chi connectivity index (χ1n) is 9.73. The van der Waals surface area contributed by atoms with Gasteiger partial charge < -0.3 is 15.0 Å². The number of aryl methyl sites for hydroxylation is 1. The number of hydrogen-bond acceptors (Lipinski definition) is 4. The maximum atomic E-state index is 12.7. The molecule has 2 heterocycles. The predicted molar refractivity (Wildman–Crippen MR) is 120 cm³/mol. The normalized spacial score (nSPS) is 13.6. The average Bonchev–Trinajstić information content (AvgIpc) is 3.20. The second-order valence-corrected chi connectivity index (χ2v) is 8.93. The van der Waals surface area contributed by atoms with Crippen LogP contribution in [0.25, 0.3) is 10.9 Å². The van der Waals surface area contributed by atoms with E-state index in [1.54, 1.807) is 6.92 Å². The first-order valence-corrected chi connectivity index (χ1v) is 11.3. The van der Waals surface area contributed by atoms with Gasteiger partial charge in [-0.2, -0.15) is 0 Å². The zero-order valence-corrected chi connectivity index (χ0v) is 18.5. The van der Waals surface area contributed by atoms with Gasteiger partial charge >= 0.3 is 12.0 Å². The Bertz CT molecular complexity index is 1070. The largest absolute Gasteiger partial charge is 0.462 e. The Hall–Kier alpha value is -2.32. The van der Waals surface area contributed by atoms with Crippen molar-refractivity contribution < 1.29 is 14.3 Å². The number of thiophene rings is 1. The summed E-state index contributed by atoms with van der Waals surface area (Å²) < 4.78 is 6.14. The monoisotopic (exact) mass is 475 g/mol. The maximum absolute atomic E-state index is 12.7. The fraction of sp³-hybridized carbons (Fsp3) is 0.333. The van der Waals surface area contributed by atoms with Gasteiger partial charge in [-0.3, -0.25) is 5.32 Å². The molecule has 1 aromatic carbocycles. The van der Waals surface area contributed by atoms with Gasteiger partial charge in [-0.05, 0) is 72.3 Å². The molecule has 0 saturated heterocycles. The number of amides is 2. The van der Waals surface area contributed by atoms with Crippen molar-refractivity contribution in [3.05, 3.63) is 44.9 Å². The molecule has 0 unspecified atom stereocenters. The molecular weight excluding hydrogens is 454 g/mol. The molecule has 29 heavy (non-hydrogen) atoms. The van der Waals surface area contributed by atoms with Gasteiger partial charge in [0.25, 0.3) is 0 Å². The summed E-state index contributed by atoms with van der Waals surface area (Å²) in [6.07, 6.45) is 6.94. The Morgan fingerprint density at radius 1 is 1.21 bits per heavy atom. The summed E-state index contributed by atoms with van der Waals surface area (Å²) in [7, 11) is 0. The number of esters is 1. The van der Waals surface area contributed by atoms with E-state index in [-0.39, 0.29) is 12.0 Å². The van der Waals surface area contributed by atoms with E-state index < -0.39 is 0 Å². The number of benzene rings is 1. The van der Waals surface area contributed by atoms with Crippen LogP contribution in [0.1, 0.15) is 47.0 Å². The Balaban J connectivity index is 1.59. The fourth-order valence-electron chi connectivity index (χ4n) is 3.71. The van der Waals surface area contributed by atoms with Crippen LogP contribution in [0.3, 0.4) is 0 Å². The number of halogens is 1. The van der Waals surface area contributed by atoms with Crippen molar-refractivity contribution in [2.24, 2.45) is 0 Å². The van der Waals surface area contributed by atoms with E-state index in [4.69, 9.17) is 4.74 Å². The van der Waals surface area contributed by atoms with Gasteiger partial charge in [0.15, 0.2) is 0 Å².